The van der Waals surface area contributed by atoms with E-state index in [0.717, 1.165) is 105 Å². The Bertz CT molecular complexity index is 1200. The van der Waals surface area contributed by atoms with Crippen molar-refractivity contribution in [2.75, 3.05) is 51.8 Å². The van der Waals surface area contributed by atoms with Crippen LogP contribution in [-0.4, -0.2) is 84.3 Å². The molecule has 8 nitrogen and oxygen atoms in total. The standard InChI is InChI=1S/C28H34ClN5O3/c1-36-24-16-19(28(35)34-10-8-21(9-11-34)33-12-14-37-15-13-33)3-2-18(24)17-25-31-23-7-6-22(29)26(23)27(32-25)30-20-4-5-20/h2-3,6,16,20-21H,4-5,7-15,17H2,1H3,(H,30,31,32). The Morgan fingerprint density at radius 3 is 2.65 bits per heavy atom. The molecule has 196 valence electrons. The number of carbonyl (C=O) groups excluding carboxylic acids is 1. The molecule has 0 bridgehead atoms. The summed E-state index contributed by atoms with van der Waals surface area (Å²) < 4.78 is 11.2. The third-order valence-corrected chi connectivity index (χ3v) is 8.20. The molecule has 2 saturated heterocycles. The van der Waals surface area contributed by atoms with Crippen molar-refractivity contribution < 1.29 is 14.3 Å². The van der Waals surface area contributed by atoms with E-state index in [1.165, 1.54) is 0 Å². The topological polar surface area (TPSA) is 79.8 Å². The average Bonchev–Trinajstić information content (AvgIpc) is 3.68. The van der Waals surface area contributed by atoms with Gasteiger partial charge in [0.1, 0.15) is 17.4 Å². The van der Waals surface area contributed by atoms with E-state index in [4.69, 9.17) is 31.0 Å². The predicted octanol–water partition coefficient (Wildman–Crippen LogP) is 3.72. The molecular weight excluding hydrogens is 490 g/mol. The fourth-order valence-corrected chi connectivity index (χ4v) is 5.88. The maximum absolute atomic E-state index is 13.3. The van der Waals surface area contributed by atoms with E-state index in [9.17, 15) is 4.79 Å². The summed E-state index contributed by atoms with van der Waals surface area (Å²) in [5.41, 5.74) is 3.51. The van der Waals surface area contributed by atoms with Gasteiger partial charge in [0, 0.05) is 67.3 Å². The van der Waals surface area contributed by atoms with E-state index in [0.29, 0.717) is 29.8 Å². The minimum Gasteiger partial charge on any atom is -0.496 e. The van der Waals surface area contributed by atoms with Crippen LogP contribution in [0.25, 0.3) is 5.03 Å². The van der Waals surface area contributed by atoms with Crippen LogP contribution >= 0.6 is 11.6 Å². The van der Waals surface area contributed by atoms with Crippen LogP contribution in [0, 0.1) is 0 Å². The first-order valence-electron chi connectivity index (χ1n) is 13.4. The van der Waals surface area contributed by atoms with Gasteiger partial charge in [-0.05, 0) is 37.8 Å². The number of morpholine rings is 1. The molecule has 2 aliphatic carbocycles. The summed E-state index contributed by atoms with van der Waals surface area (Å²) in [4.78, 5) is 27.4. The summed E-state index contributed by atoms with van der Waals surface area (Å²) in [5.74, 6) is 2.30. The molecule has 1 aromatic heterocycles. The Morgan fingerprint density at radius 2 is 1.92 bits per heavy atom. The van der Waals surface area contributed by atoms with Crippen molar-refractivity contribution >= 4 is 28.4 Å². The molecule has 0 unspecified atom stereocenters. The van der Waals surface area contributed by atoms with E-state index in [1.807, 2.05) is 29.2 Å². The molecule has 37 heavy (non-hydrogen) atoms. The highest BCUT2D eigenvalue weighted by Crippen LogP contribution is 2.37. The quantitative estimate of drug-likeness (QED) is 0.592. The van der Waals surface area contributed by atoms with E-state index in [-0.39, 0.29) is 5.91 Å². The van der Waals surface area contributed by atoms with Crippen molar-refractivity contribution in [3.8, 4) is 5.75 Å². The van der Waals surface area contributed by atoms with Gasteiger partial charge >= 0.3 is 0 Å². The van der Waals surface area contributed by atoms with Crippen LogP contribution in [-0.2, 0) is 17.6 Å². The monoisotopic (exact) mass is 523 g/mol. The molecule has 3 heterocycles. The molecule has 1 amide bonds. The number of fused-ring (bicyclic) bond motifs is 1. The number of hydrogen-bond acceptors (Lipinski definition) is 7. The highest BCUT2D eigenvalue weighted by atomic mass is 35.5. The second kappa shape index (κ2) is 10.6. The molecule has 1 aromatic carbocycles. The number of piperidine rings is 1. The van der Waals surface area contributed by atoms with Crippen LogP contribution in [0.15, 0.2) is 24.3 Å². The maximum Gasteiger partial charge on any atom is 0.253 e. The molecule has 2 aromatic rings. The lowest BCUT2D eigenvalue weighted by Gasteiger charge is -2.40. The van der Waals surface area contributed by atoms with Crippen LogP contribution in [0.5, 0.6) is 5.75 Å². The van der Waals surface area contributed by atoms with Gasteiger partial charge < -0.3 is 19.7 Å². The van der Waals surface area contributed by atoms with Crippen molar-refractivity contribution in [3.63, 3.8) is 0 Å². The summed E-state index contributed by atoms with van der Waals surface area (Å²) in [7, 11) is 1.65. The van der Waals surface area contributed by atoms with Crippen molar-refractivity contribution in [2.45, 2.75) is 50.6 Å². The molecular formula is C28H34ClN5O3. The molecule has 2 aliphatic heterocycles. The molecule has 3 fully saturated rings. The lowest BCUT2D eigenvalue weighted by atomic mass is 10.0. The first kappa shape index (κ1) is 24.6. The summed E-state index contributed by atoms with van der Waals surface area (Å²) in [6.07, 6.45) is 7.56. The molecule has 6 rings (SSSR count). The summed E-state index contributed by atoms with van der Waals surface area (Å²) >= 11 is 6.45. The zero-order valence-corrected chi connectivity index (χ0v) is 22.1. The number of anilines is 1. The summed E-state index contributed by atoms with van der Waals surface area (Å²) in [5, 5.41) is 4.24. The molecule has 1 saturated carbocycles. The number of methoxy groups -OCH3 is 1. The second-order valence-electron chi connectivity index (χ2n) is 10.4. The molecule has 0 radical (unpaired) electrons. The van der Waals surface area contributed by atoms with Gasteiger partial charge in [-0.1, -0.05) is 23.7 Å². The highest BCUT2D eigenvalue weighted by Gasteiger charge is 2.29. The summed E-state index contributed by atoms with van der Waals surface area (Å²) in [6.45, 7) is 5.16. The minimum absolute atomic E-state index is 0.0655. The first-order chi connectivity index (χ1) is 18.1. The number of benzene rings is 1. The van der Waals surface area contributed by atoms with Crippen LogP contribution in [0.4, 0.5) is 5.82 Å². The number of rotatable bonds is 7. The number of nitrogens with one attached hydrogen (secondary N) is 1. The first-order valence-corrected chi connectivity index (χ1v) is 13.8. The number of carbonyl (C=O) groups is 1. The third-order valence-electron chi connectivity index (χ3n) is 7.86. The van der Waals surface area contributed by atoms with E-state index in [2.05, 4.69) is 10.2 Å². The fourth-order valence-electron chi connectivity index (χ4n) is 5.60. The smallest absolute Gasteiger partial charge is 0.253 e. The lowest BCUT2D eigenvalue weighted by Crippen LogP contribution is -2.50. The van der Waals surface area contributed by atoms with Crippen LogP contribution < -0.4 is 10.1 Å². The Hall–Kier alpha value is -2.68. The molecule has 0 spiro atoms. The van der Waals surface area contributed by atoms with Gasteiger partial charge in [-0.2, -0.15) is 0 Å². The van der Waals surface area contributed by atoms with Gasteiger partial charge in [-0.25, -0.2) is 9.97 Å². The Balaban J connectivity index is 1.15. The van der Waals surface area contributed by atoms with Gasteiger partial charge in [0.25, 0.3) is 5.91 Å². The van der Waals surface area contributed by atoms with Gasteiger partial charge in [-0.15, -0.1) is 0 Å². The number of halogens is 1. The predicted molar refractivity (Wildman–Crippen MR) is 143 cm³/mol. The zero-order valence-electron chi connectivity index (χ0n) is 21.3. The number of allylic oxidation sites excluding steroid dienone is 1. The number of hydrogen-bond donors (Lipinski definition) is 1. The van der Waals surface area contributed by atoms with E-state index < -0.39 is 0 Å². The fraction of sp³-hybridized carbons (Fsp3) is 0.536. The van der Waals surface area contributed by atoms with Crippen LogP contribution in [0.2, 0.25) is 0 Å². The van der Waals surface area contributed by atoms with E-state index >= 15 is 0 Å². The molecule has 4 aliphatic rings. The van der Waals surface area contributed by atoms with Crippen molar-refractivity contribution in [3.05, 3.63) is 52.5 Å². The molecule has 9 heteroatoms. The number of likely N-dealkylation sites (tertiary alicyclic amines) is 1. The number of aromatic nitrogens is 2. The van der Waals surface area contributed by atoms with Crippen molar-refractivity contribution in [1.29, 1.82) is 0 Å². The van der Waals surface area contributed by atoms with E-state index in [1.54, 1.807) is 7.11 Å². The number of amides is 1. The van der Waals surface area contributed by atoms with Crippen LogP contribution in [0.3, 0.4) is 0 Å². The van der Waals surface area contributed by atoms with Gasteiger partial charge in [0.05, 0.1) is 31.6 Å². The molecule has 1 N–H and O–H groups in total. The number of ether oxygens (including phenoxy) is 2. The van der Waals surface area contributed by atoms with Crippen LogP contribution in [0.1, 0.15) is 58.7 Å². The van der Waals surface area contributed by atoms with Crippen molar-refractivity contribution in [1.82, 2.24) is 19.8 Å². The minimum atomic E-state index is 0.0655. The lowest BCUT2D eigenvalue weighted by molar-refractivity contribution is 0.00158. The Kier molecular flexibility index (Phi) is 7.06. The van der Waals surface area contributed by atoms with Gasteiger partial charge in [0.2, 0.25) is 0 Å². The second-order valence-corrected chi connectivity index (χ2v) is 10.8. The SMILES string of the molecule is COc1cc(C(=O)N2CCC(N3CCOCC3)CC2)ccc1Cc1nc2c(c(NC3CC3)n1)C(Cl)=CC2. The third kappa shape index (κ3) is 5.33. The molecule has 0 atom stereocenters. The largest absolute Gasteiger partial charge is 0.496 e. The average molecular weight is 524 g/mol. The maximum atomic E-state index is 13.3. The summed E-state index contributed by atoms with van der Waals surface area (Å²) in [6, 6.07) is 6.75. The Labute approximate surface area is 223 Å². The normalized spacial score (nSPS) is 20.5. The number of nitrogens with zero attached hydrogens (tertiary/aromatic N) is 4. The highest BCUT2D eigenvalue weighted by molar-refractivity contribution is 6.49. The Morgan fingerprint density at radius 1 is 1.14 bits per heavy atom. The zero-order chi connectivity index (χ0) is 25.4. The van der Waals surface area contributed by atoms with Crippen molar-refractivity contribution in [2.24, 2.45) is 0 Å². The van der Waals surface area contributed by atoms with Gasteiger partial charge in [0.15, 0.2) is 0 Å². The van der Waals surface area contributed by atoms with Gasteiger partial charge in [-0.3, -0.25) is 9.69 Å².